The normalized spacial score (nSPS) is 13.5. The third-order valence-electron chi connectivity index (χ3n) is 6.16. The van der Waals surface area contributed by atoms with Gasteiger partial charge in [-0.2, -0.15) is 0 Å². The predicted octanol–water partition coefficient (Wildman–Crippen LogP) is 4.56. The molecule has 1 heterocycles. The standard InChI is InChI=1S/C31H31ClN4O7/c1-31(2,3)43-29(40)20-9-12-22(13-10-20)33-26(37)24(17-19-7-5-4-6-8-19)35-28(39)27(38)34-23-18-21(32)11-14-25(23)36-15-16-42-30(36)41/h4-14,18,24H,15-17H2,1-3H3,(H,33,37)(H,34,38)(H,35,39)/t24-/m0/s1. The minimum Gasteiger partial charge on any atom is -0.456 e. The average Bonchev–Trinajstić information content (AvgIpc) is 3.38. The molecular formula is C31H31ClN4O7. The molecule has 1 fully saturated rings. The van der Waals surface area contributed by atoms with Gasteiger partial charge in [0.05, 0.1) is 23.5 Å². The fraction of sp³-hybridized carbons (Fsp3) is 0.258. The van der Waals surface area contributed by atoms with Crippen LogP contribution in [0, 0.1) is 0 Å². The van der Waals surface area contributed by atoms with Gasteiger partial charge in [0.15, 0.2) is 0 Å². The fourth-order valence-corrected chi connectivity index (χ4v) is 4.35. The molecule has 3 aromatic rings. The molecular weight excluding hydrogens is 576 g/mol. The van der Waals surface area contributed by atoms with E-state index in [1.54, 1.807) is 51.1 Å². The van der Waals surface area contributed by atoms with Crippen LogP contribution < -0.4 is 20.9 Å². The predicted molar refractivity (Wildman–Crippen MR) is 161 cm³/mol. The molecule has 0 saturated carbocycles. The first-order valence-corrected chi connectivity index (χ1v) is 13.8. The second kappa shape index (κ2) is 13.4. The van der Waals surface area contributed by atoms with Crippen LogP contribution in [0.25, 0.3) is 0 Å². The maximum absolute atomic E-state index is 13.3. The number of ether oxygens (including phenoxy) is 2. The third-order valence-corrected chi connectivity index (χ3v) is 6.39. The lowest BCUT2D eigenvalue weighted by molar-refractivity contribution is -0.137. The molecule has 43 heavy (non-hydrogen) atoms. The highest BCUT2D eigenvalue weighted by Crippen LogP contribution is 2.31. The van der Waals surface area contributed by atoms with Crippen LogP contribution in [-0.2, 0) is 30.3 Å². The molecule has 0 unspecified atom stereocenters. The molecule has 1 aliphatic rings. The van der Waals surface area contributed by atoms with Crippen molar-refractivity contribution in [2.75, 3.05) is 28.7 Å². The summed E-state index contributed by atoms with van der Waals surface area (Å²) in [7, 11) is 0. The number of esters is 1. The lowest BCUT2D eigenvalue weighted by Crippen LogP contribution is -2.49. The summed E-state index contributed by atoms with van der Waals surface area (Å²) in [5, 5.41) is 7.96. The number of nitrogens with zero attached hydrogens (tertiary/aromatic N) is 1. The number of nitrogens with one attached hydrogen (secondary N) is 3. The molecule has 3 N–H and O–H groups in total. The summed E-state index contributed by atoms with van der Waals surface area (Å²) in [5.41, 5.74) is 1.19. The van der Waals surface area contributed by atoms with Gasteiger partial charge in [0.2, 0.25) is 5.91 Å². The number of halogens is 1. The van der Waals surface area contributed by atoms with Crippen LogP contribution in [0.2, 0.25) is 5.02 Å². The summed E-state index contributed by atoms with van der Waals surface area (Å²) in [6.07, 6.45) is -0.509. The number of cyclic esters (lactones) is 1. The molecule has 224 valence electrons. The first-order valence-electron chi connectivity index (χ1n) is 13.4. The van der Waals surface area contributed by atoms with Crippen LogP contribution in [0.5, 0.6) is 0 Å². The van der Waals surface area contributed by atoms with E-state index in [9.17, 15) is 24.0 Å². The zero-order valence-corrected chi connectivity index (χ0v) is 24.6. The quantitative estimate of drug-likeness (QED) is 0.252. The monoisotopic (exact) mass is 606 g/mol. The Morgan fingerprint density at radius 2 is 1.65 bits per heavy atom. The minimum absolute atomic E-state index is 0.0870. The van der Waals surface area contributed by atoms with Crippen molar-refractivity contribution < 1.29 is 33.4 Å². The Kier molecular flexibility index (Phi) is 9.66. The molecule has 0 aromatic heterocycles. The van der Waals surface area contributed by atoms with Gasteiger partial charge >= 0.3 is 23.9 Å². The van der Waals surface area contributed by atoms with E-state index >= 15 is 0 Å². The smallest absolute Gasteiger partial charge is 0.414 e. The number of carbonyl (C=O) groups is 5. The summed E-state index contributed by atoms with van der Waals surface area (Å²) in [6, 6.07) is 18.4. The number of hydrogen-bond acceptors (Lipinski definition) is 7. The Labute approximate surface area is 253 Å². The van der Waals surface area contributed by atoms with Gasteiger partial charge in [-0.3, -0.25) is 19.3 Å². The van der Waals surface area contributed by atoms with Gasteiger partial charge in [-0.25, -0.2) is 9.59 Å². The molecule has 11 nitrogen and oxygen atoms in total. The topological polar surface area (TPSA) is 143 Å². The van der Waals surface area contributed by atoms with Crippen LogP contribution in [-0.4, -0.2) is 54.6 Å². The summed E-state index contributed by atoms with van der Waals surface area (Å²) in [5.74, 6) is -3.23. The first-order chi connectivity index (χ1) is 20.4. The van der Waals surface area contributed by atoms with Crippen LogP contribution in [0.1, 0.15) is 36.7 Å². The number of carbonyl (C=O) groups excluding carboxylic acids is 5. The highest BCUT2D eigenvalue weighted by molar-refractivity contribution is 6.40. The van der Waals surface area contributed by atoms with Gasteiger partial charge in [0.25, 0.3) is 0 Å². The minimum atomic E-state index is -1.14. The highest BCUT2D eigenvalue weighted by atomic mass is 35.5. The summed E-state index contributed by atoms with van der Waals surface area (Å²) in [6.45, 7) is 5.72. The first kappa shape index (κ1) is 31.0. The fourth-order valence-electron chi connectivity index (χ4n) is 4.17. The number of hydrogen-bond donors (Lipinski definition) is 3. The Hall–Kier alpha value is -4.90. The second-order valence-corrected chi connectivity index (χ2v) is 11.1. The van der Waals surface area contributed by atoms with Crippen LogP contribution in [0.3, 0.4) is 0 Å². The zero-order chi connectivity index (χ0) is 31.1. The lowest BCUT2D eigenvalue weighted by Gasteiger charge is -2.20. The van der Waals surface area contributed by atoms with Crippen molar-refractivity contribution in [2.45, 2.75) is 38.8 Å². The number of anilines is 3. The highest BCUT2D eigenvalue weighted by Gasteiger charge is 2.29. The molecule has 12 heteroatoms. The van der Waals surface area contributed by atoms with Crippen molar-refractivity contribution in [1.29, 1.82) is 0 Å². The van der Waals surface area contributed by atoms with Gasteiger partial charge in [0, 0.05) is 17.1 Å². The van der Waals surface area contributed by atoms with E-state index in [0.29, 0.717) is 16.9 Å². The largest absolute Gasteiger partial charge is 0.456 e. The second-order valence-electron chi connectivity index (χ2n) is 10.7. The van der Waals surface area contributed by atoms with Crippen molar-refractivity contribution in [3.8, 4) is 0 Å². The van der Waals surface area contributed by atoms with Crippen molar-refractivity contribution in [1.82, 2.24) is 5.32 Å². The van der Waals surface area contributed by atoms with Gasteiger partial charge in [0.1, 0.15) is 18.2 Å². The van der Waals surface area contributed by atoms with E-state index in [1.807, 2.05) is 6.07 Å². The third kappa shape index (κ3) is 8.55. The SMILES string of the molecule is CC(C)(C)OC(=O)c1ccc(NC(=O)[C@H](Cc2ccccc2)NC(=O)C(=O)Nc2cc(Cl)ccc2N2CCOC2=O)cc1. The molecule has 1 saturated heterocycles. The van der Waals surface area contributed by atoms with Crippen molar-refractivity contribution in [3.05, 3.63) is 88.9 Å². The summed E-state index contributed by atoms with van der Waals surface area (Å²) >= 11 is 6.11. The van der Waals surface area contributed by atoms with E-state index in [1.165, 1.54) is 41.3 Å². The molecule has 0 radical (unpaired) electrons. The van der Waals surface area contributed by atoms with Crippen molar-refractivity contribution >= 4 is 58.4 Å². The van der Waals surface area contributed by atoms with Crippen LogP contribution in [0.15, 0.2) is 72.8 Å². The summed E-state index contributed by atoms with van der Waals surface area (Å²) in [4.78, 5) is 65.0. The number of benzene rings is 3. The van der Waals surface area contributed by atoms with Gasteiger partial charge in [-0.1, -0.05) is 41.9 Å². The Morgan fingerprint density at radius 3 is 2.28 bits per heavy atom. The average molecular weight is 607 g/mol. The van der Waals surface area contributed by atoms with Gasteiger partial charge in [-0.15, -0.1) is 0 Å². The van der Waals surface area contributed by atoms with E-state index in [0.717, 1.165) is 5.56 Å². The Balaban J connectivity index is 1.48. The van der Waals surface area contributed by atoms with Gasteiger partial charge < -0.3 is 25.4 Å². The van der Waals surface area contributed by atoms with Crippen LogP contribution in [0.4, 0.5) is 21.9 Å². The number of amides is 4. The van der Waals surface area contributed by atoms with E-state index < -0.39 is 41.4 Å². The van der Waals surface area contributed by atoms with E-state index in [4.69, 9.17) is 21.1 Å². The molecule has 0 bridgehead atoms. The zero-order valence-electron chi connectivity index (χ0n) is 23.8. The number of rotatable bonds is 8. The Morgan fingerprint density at radius 1 is 0.953 bits per heavy atom. The van der Waals surface area contributed by atoms with E-state index in [-0.39, 0.29) is 30.3 Å². The molecule has 4 rings (SSSR count). The molecule has 1 aliphatic heterocycles. The molecule has 0 aliphatic carbocycles. The Bertz CT molecular complexity index is 1520. The molecule has 3 aromatic carbocycles. The lowest BCUT2D eigenvalue weighted by atomic mass is 10.0. The van der Waals surface area contributed by atoms with Crippen LogP contribution >= 0.6 is 11.6 Å². The van der Waals surface area contributed by atoms with E-state index in [2.05, 4.69) is 16.0 Å². The molecule has 1 atom stereocenters. The maximum Gasteiger partial charge on any atom is 0.414 e. The van der Waals surface area contributed by atoms with Crippen molar-refractivity contribution in [3.63, 3.8) is 0 Å². The van der Waals surface area contributed by atoms with Crippen molar-refractivity contribution in [2.24, 2.45) is 0 Å². The van der Waals surface area contributed by atoms with Gasteiger partial charge in [-0.05, 0) is 68.8 Å². The summed E-state index contributed by atoms with van der Waals surface area (Å²) < 4.78 is 10.3. The maximum atomic E-state index is 13.3. The molecule has 4 amide bonds. The molecule has 0 spiro atoms.